The molecule has 176 valence electrons. The number of anilines is 2. The number of carbonyl (C=O) groups excluding carboxylic acids is 2. The number of aromatic carboxylic acids is 1. The second-order valence-corrected chi connectivity index (χ2v) is 9.99. The van der Waals surface area contributed by atoms with Crippen LogP contribution in [-0.2, 0) is 4.79 Å². The lowest BCUT2D eigenvalue weighted by Crippen LogP contribution is -2.22. The molecule has 0 saturated heterocycles. The Morgan fingerprint density at radius 3 is 2.26 bits per heavy atom. The Balaban J connectivity index is 1.50. The Bertz CT molecular complexity index is 1430. The molecule has 4 rings (SSSR count). The predicted molar refractivity (Wildman–Crippen MR) is 143 cm³/mol. The summed E-state index contributed by atoms with van der Waals surface area (Å²) in [5.41, 5.74) is 1.59. The highest BCUT2D eigenvalue weighted by atomic mass is 79.9. The second kappa shape index (κ2) is 10.8. The van der Waals surface area contributed by atoms with E-state index in [0.29, 0.717) is 22.1 Å². The van der Waals surface area contributed by atoms with E-state index in [0.717, 1.165) is 9.37 Å². The van der Waals surface area contributed by atoms with Crippen molar-refractivity contribution in [1.82, 2.24) is 0 Å². The normalized spacial score (nSPS) is 11.6. The lowest BCUT2D eigenvalue weighted by Gasteiger charge is -2.14. The number of fused-ring (bicyclic) bond motifs is 1. The smallest absolute Gasteiger partial charge is 0.336 e. The van der Waals surface area contributed by atoms with E-state index in [9.17, 15) is 19.5 Å². The van der Waals surface area contributed by atoms with E-state index < -0.39 is 11.9 Å². The minimum atomic E-state index is -1.09. The van der Waals surface area contributed by atoms with Crippen LogP contribution in [0.3, 0.4) is 0 Å². The molecule has 0 aliphatic carbocycles. The topological polar surface area (TPSA) is 95.5 Å². The number of rotatable bonds is 7. The van der Waals surface area contributed by atoms with Crippen molar-refractivity contribution in [2.24, 2.45) is 0 Å². The molecule has 0 aromatic heterocycles. The summed E-state index contributed by atoms with van der Waals surface area (Å²) >= 11 is 4.79. The maximum atomic E-state index is 13.1. The van der Waals surface area contributed by atoms with Crippen molar-refractivity contribution in [1.29, 1.82) is 0 Å². The van der Waals surface area contributed by atoms with E-state index in [1.165, 1.54) is 17.8 Å². The van der Waals surface area contributed by atoms with Crippen LogP contribution < -0.4 is 10.6 Å². The Kier molecular flexibility index (Phi) is 7.53. The Hall–Kier alpha value is -3.62. The Morgan fingerprint density at radius 1 is 0.857 bits per heavy atom. The van der Waals surface area contributed by atoms with Crippen LogP contribution in [0.2, 0.25) is 0 Å². The quantitative estimate of drug-likeness (QED) is 0.224. The minimum Gasteiger partial charge on any atom is -0.478 e. The standard InChI is InChI=1S/C27H21BrN2O4S/c1-16(25(31)30-23-14-3-2-13-22(23)28)35-19-10-6-9-18(15-19)29-26(32)20-11-4-7-17-8-5-12-21(24(17)20)27(33)34/h2-16H,1H3,(H,29,32)(H,30,31)(H,33,34). The lowest BCUT2D eigenvalue weighted by atomic mass is 9.98. The van der Waals surface area contributed by atoms with Gasteiger partial charge in [0.1, 0.15) is 0 Å². The third-order valence-electron chi connectivity index (χ3n) is 5.29. The third-order valence-corrected chi connectivity index (χ3v) is 7.07. The highest BCUT2D eigenvalue weighted by molar-refractivity contribution is 9.10. The molecule has 0 radical (unpaired) electrons. The summed E-state index contributed by atoms with van der Waals surface area (Å²) in [5, 5.41) is 16.0. The highest BCUT2D eigenvalue weighted by Gasteiger charge is 2.18. The molecular formula is C27H21BrN2O4S. The number of hydrogen-bond acceptors (Lipinski definition) is 4. The summed E-state index contributed by atoms with van der Waals surface area (Å²) in [7, 11) is 0. The van der Waals surface area contributed by atoms with E-state index in [1.54, 1.807) is 48.5 Å². The molecule has 2 amide bonds. The van der Waals surface area contributed by atoms with Gasteiger partial charge in [0, 0.05) is 26.0 Å². The Morgan fingerprint density at radius 2 is 1.54 bits per heavy atom. The summed E-state index contributed by atoms with van der Waals surface area (Å²) in [6.07, 6.45) is 0. The zero-order valence-electron chi connectivity index (χ0n) is 18.6. The van der Waals surface area contributed by atoms with Gasteiger partial charge in [-0.3, -0.25) is 9.59 Å². The fourth-order valence-electron chi connectivity index (χ4n) is 3.61. The van der Waals surface area contributed by atoms with Crippen molar-refractivity contribution >= 4 is 67.6 Å². The minimum absolute atomic E-state index is 0.0717. The summed E-state index contributed by atoms with van der Waals surface area (Å²) in [5.74, 6) is -1.65. The summed E-state index contributed by atoms with van der Waals surface area (Å²) in [4.78, 5) is 38.3. The molecule has 0 spiro atoms. The van der Waals surface area contributed by atoms with Crippen molar-refractivity contribution in [3.8, 4) is 0 Å². The average Bonchev–Trinajstić information content (AvgIpc) is 2.84. The lowest BCUT2D eigenvalue weighted by molar-refractivity contribution is -0.115. The number of hydrogen-bond donors (Lipinski definition) is 3. The zero-order chi connectivity index (χ0) is 24.9. The van der Waals surface area contributed by atoms with Crippen LogP contribution in [0, 0.1) is 0 Å². The van der Waals surface area contributed by atoms with Crippen molar-refractivity contribution < 1.29 is 19.5 Å². The average molecular weight is 549 g/mol. The van der Waals surface area contributed by atoms with Gasteiger partial charge in [-0.1, -0.05) is 42.5 Å². The molecule has 0 heterocycles. The summed E-state index contributed by atoms with van der Waals surface area (Å²) in [6, 6.07) is 24.6. The van der Waals surface area contributed by atoms with E-state index in [4.69, 9.17) is 0 Å². The SMILES string of the molecule is CC(Sc1cccc(NC(=O)c2cccc3cccc(C(=O)O)c23)c1)C(=O)Nc1ccccc1Br. The predicted octanol–water partition coefficient (Wildman–Crippen LogP) is 6.67. The monoisotopic (exact) mass is 548 g/mol. The van der Waals surface area contributed by atoms with Crippen LogP contribution in [0.4, 0.5) is 11.4 Å². The van der Waals surface area contributed by atoms with Gasteiger partial charge in [0.15, 0.2) is 0 Å². The van der Waals surface area contributed by atoms with Gasteiger partial charge >= 0.3 is 5.97 Å². The first-order chi connectivity index (χ1) is 16.8. The molecule has 0 aliphatic heterocycles. The van der Waals surface area contributed by atoms with Gasteiger partial charge in [-0.2, -0.15) is 0 Å². The number of carboxylic acids is 1. The molecule has 3 N–H and O–H groups in total. The number of carbonyl (C=O) groups is 3. The van der Waals surface area contributed by atoms with E-state index in [2.05, 4.69) is 26.6 Å². The number of carboxylic acid groups (broad SMARTS) is 1. The molecule has 6 nitrogen and oxygen atoms in total. The van der Waals surface area contributed by atoms with Crippen molar-refractivity contribution in [2.45, 2.75) is 17.1 Å². The highest BCUT2D eigenvalue weighted by Crippen LogP contribution is 2.29. The molecule has 0 saturated carbocycles. The molecule has 0 aliphatic rings. The maximum absolute atomic E-state index is 13.1. The number of amides is 2. The molecule has 4 aromatic carbocycles. The summed E-state index contributed by atoms with van der Waals surface area (Å²) < 4.78 is 0.801. The summed E-state index contributed by atoms with van der Waals surface area (Å²) in [6.45, 7) is 1.81. The van der Waals surface area contributed by atoms with Crippen molar-refractivity contribution in [3.05, 3.63) is 101 Å². The van der Waals surface area contributed by atoms with E-state index in [1.807, 2.05) is 37.3 Å². The fourth-order valence-corrected chi connectivity index (χ4v) is 4.92. The molecule has 1 unspecified atom stereocenters. The second-order valence-electron chi connectivity index (χ2n) is 7.73. The molecule has 0 fully saturated rings. The number of para-hydroxylation sites is 1. The van der Waals surface area contributed by atoms with Crippen LogP contribution >= 0.6 is 27.7 Å². The first-order valence-corrected chi connectivity index (χ1v) is 12.4. The van der Waals surface area contributed by atoms with Gasteiger partial charge < -0.3 is 15.7 Å². The van der Waals surface area contributed by atoms with E-state index in [-0.39, 0.29) is 22.3 Å². The number of nitrogens with one attached hydrogen (secondary N) is 2. The van der Waals surface area contributed by atoms with E-state index >= 15 is 0 Å². The maximum Gasteiger partial charge on any atom is 0.336 e. The zero-order valence-corrected chi connectivity index (χ0v) is 21.0. The molecule has 1 atom stereocenters. The van der Waals surface area contributed by atoms with Crippen molar-refractivity contribution in [2.75, 3.05) is 10.6 Å². The molecule has 8 heteroatoms. The van der Waals surface area contributed by atoms with Crippen LogP contribution in [0.15, 0.2) is 94.3 Å². The van der Waals surface area contributed by atoms with Crippen LogP contribution in [0.1, 0.15) is 27.6 Å². The number of thioether (sulfide) groups is 1. The van der Waals surface area contributed by atoms with Crippen molar-refractivity contribution in [3.63, 3.8) is 0 Å². The van der Waals surface area contributed by atoms with Gasteiger partial charge in [-0.15, -0.1) is 11.8 Å². The number of benzene rings is 4. The molecule has 0 bridgehead atoms. The van der Waals surface area contributed by atoms with Gasteiger partial charge in [-0.05, 0) is 70.7 Å². The molecule has 4 aromatic rings. The van der Waals surface area contributed by atoms with Crippen LogP contribution in [0.5, 0.6) is 0 Å². The molecular weight excluding hydrogens is 528 g/mol. The van der Waals surface area contributed by atoms with Gasteiger partial charge in [0.05, 0.1) is 16.5 Å². The Labute approximate surface area is 214 Å². The van der Waals surface area contributed by atoms with Crippen LogP contribution in [-0.4, -0.2) is 28.1 Å². The first-order valence-electron chi connectivity index (χ1n) is 10.7. The fraction of sp³-hybridized carbons (Fsp3) is 0.0741. The number of halogens is 1. The van der Waals surface area contributed by atoms with Gasteiger partial charge in [0.25, 0.3) is 5.91 Å². The molecule has 35 heavy (non-hydrogen) atoms. The van der Waals surface area contributed by atoms with Crippen LogP contribution in [0.25, 0.3) is 10.8 Å². The van der Waals surface area contributed by atoms with Gasteiger partial charge in [0.2, 0.25) is 5.91 Å². The van der Waals surface area contributed by atoms with Gasteiger partial charge in [-0.25, -0.2) is 4.79 Å². The largest absolute Gasteiger partial charge is 0.478 e. The first kappa shape index (κ1) is 24.5. The third kappa shape index (κ3) is 5.72.